The smallest absolute Gasteiger partial charge is 0.266 e. The first-order chi connectivity index (χ1) is 10.2. The quantitative estimate of drug-likeness (QED) is 0.814. The van der Waals surface area contributed by atoms with E-state index in [-0.39, 0.29) is 5.91 Å². The molecule has 3 rings (SSSR count). The van der Waals surface area contributed by atoms with Gasteiger partial charge in [0.15, 0.2) is 0 Å². The van der Waals surface area contributed by atoms with Crippen molar-refractivity contribution in [2.24, 2.45) is 0 Å². The van der Waals surface area contributed by atoms with Crippen molar-refractivity contribution in [3.63, 3.8) is 0 Å². The van der Waals surface area contributed by atoms with Crippen LogP contribution < -0.4 is 0 Å². The molecule has 0 radical (unpaired) electrons. The summed E-state index contributed by atoms with van der Waals surface area (Å²) in [6, 6.07) is 0.352. The second-order valence-electron chi connectivity index (χ2n) is 5.51. The van der Waals surface area contributed by atoms with E-state index in [0.29, 0.717) is 19.0 Å². The molecule has 1 aliphatic carbocycles. The molecule has 0 saturated heterocycles. The van der Waals surface area contributed by atoms with Crippen molar-refractivity contribution in [1.82, 2.24) is 14.3 Å². The highest BCUT2D eigenvalue weighted by Crippen LogP contribution is 2.29. The number of hydrogen-bond acceptors (Lipinski definition) is 3. The highest BCUT2D eigenvalue weighted by Gasteiger charge is 2.29. The predicted molar refractivity (Wildman–Crippen MR) is 84.5 cm³/mol. The second kappa shape index (κ2) is 5.90. The van der Waals surface area contributed by atoms with Crippen molar-refractivity contribution in [3.05, 3.63) is 23.1 Å². The Morgan fingerprint density at radius 1 is 1.57 bits per heavy atom. The zero-order chi connectivity index (χ0) is 14.8. The second-order valence-corrected chi connectivity index (χ2v) is 6.54. The van der Waals surface area contributed by atoms with Gasteiger partial charge in [0.1, 0.15) is 16.0 Å². The van der Waals surface area contributed by atoms with Crippen molar-refractivity contribution in [2.75, 3.05) is 6.54 Å². The Bertz CT molecular complexity index is 688. The first-order valence-electron chi connectivity index (χ1n) is 7.38. The summed E-state index contributed by atoms with van der Waals surface area (Å²) >= 11 is 1.52. The average Bonchev–Trinajstić information content (AvgIpc) is 3.18. The third-order valence-electron chi connectivity index (χ3n) is 4.22. The van der Waals surface area contributed by atoms with Gasteiger partial charge in [-0.05, 0) is 19.8 Å². The summed E-state index contributed by atoms with van der Waals surface area (Å²) in [5, 5.41) is 0. The highest BCUT2D eigenvalue weighted by molar-refractivity contribution is 7.19. The van der Waals surface area contributed by atoms with Crippen LogP contribution >= 0.6 is 11.3 Å². The van der Waals surface area contributed by atoms with Gasteiger partial charge in [0.05, 0.1) is 6.20 Å². The number of thiazole rings is 1. The molecule has 0 aliphatic heterocycles. The van der Waals surface area contributed by atoms with Crippen LogP contribution in [0.3, 0.4) is 0 Å². The van der Waals surface area contributed by atoms with Crippen LogP contribution in [0.2, 0.25) is 0 Å². The summed E-state index contributed by atoms with van der Waals surface area (Å²) in [4.78, 5) is 20.9. The molecule has 0 bridgehead atoms. The molecule has 1 fully saturated rings. The lowest BCUT2D eigenvalue weighted by Gasteiger charge is -2.28. The van der Waals surface area contributed by atoms with E-state index in [4.69, 9.17) is 6.42 Å². The number of amides is 1. The van der Waals surface area contributed by atoms with Gasteiger partial charge in [0, 0.05) is 24.7 Å². The number of rotatable bonds is 4. The topological polar surface area (TPSA) is 37.6 Å². The molecule has 0 N–H and O–H groups in total. The van der Waals surface area contributed by atoms with E-state index in [0.717, 1.165) is 28.2 Å². The maximum absolute atomic E-state index is 13.0. The van der Waals surface area contributed by atoms with Gasteiger partial charge in [0.2, 0.25) is 0 Å². The van der Waals surface area contributed by atoms with Gasteiger partial charge in [-0.15, -0.1) is 23.7 Å². The lowest BCUT2D eigenvalue weighted by molar-refractivity contribution is 0.0690. The number of fused-ring (bicyclic) bond motifs is 1. The number of aryl methyl sites for hydroxylation is 1. The van der Waals surface area contributed by atoms with Crippen molar-refractivity contribution >= 4 is 22.1 Å². The molecule has 110 valence electrons. The summed E-state index contributed by atoms with van der Waals surface area (Å²) in [6.45, 7) is 2.64. The Morgan fingerprint density at radius 3 is 3.00 bits per heavy atom. The largest absolute Gasteiger partial charge is 0.334 e. The van der Waals surface area contributed by atoms with E-state index >= 15 is 0 Å². The minimum Gasteiger partial charge on any atom is -0.334 e. The molecular weight excluding hydrogens is 282 g/mol. The third kappa shape index (κ3) is 2.56. The van der Waals surface area contributed by atoms with Crippen LogP contribution in [0.5, 0.6) is 0 Å². The fourth-order valence-electron chi connectivity index (χ4n) is 3.08. The summed E-state index contributed by atoms with van der Waals surface area (Å²) in [5.41, 5.74) is 0.973. The first-order valence-corrected chi connectivity index (χ1v) is 8.20. The molecular formula is C16H19N3OS. The molecule has 21 heavy (non-hydrogen) atoms. The lowest BCUT2D eigenvalue weighted by Crippen LogP contribution is -2.39. The van der Waals surface area contributed by atoms with Crippen molar-refractivity contribution in [1.29, 1.82) is 0 Å². The van der Waals surface area contributed by atoms with Gasteiger partial charge in [-0.3, -0.25) is 9.20 Å². The molecule has 0 atom stereocenters. The number of terminal acetylenes is 1. The first kappa shape index (κ1) is 14.2. The maximum Gasteiger partial charge on any atom is 0.266 e. The Labute approximate surface area is 128 Å². The van der Waals surface area contributed by atoms with Crippen molar-refractivity contribution < 1.29 is 4.79 Å². The molecule has 0 aromatic carbocycles. The molecule has 1 amide bonds. The SMILES string of the molecule is C#CCCN(C(=O)c1sc2cncn2c1C)C1CCCC1. The molecule has 2 aromatic heterocycles. The zero-order valence-electron chi connectivity index (χ0n) is 12.2. The fourth-order valence-corrected chi connectivity index (χ4v) is 4.13. The van der Waals surface area contributed by atoms with Crippen LogP contribution in [0.4, 0.5) is 0 Å². The monoisotopic (exact) mass is 301 g/mol. The van der Waals surface area contributed by atoms with Crippen molar-refractivity contribution in [2.45, 2.75) is 45.1 Å². The number of aromatic nitrogens is 2. The van der Waals surface area contributed by atoms with Gasteiger partial charge in [0.25, 0.3) is 5.91 Å². The molecule has 1 aliphatic rings. The van der Waals surface area contributed by atoms with E-state index < -0.39 is 0 Å². The molecule has 2 aromatic rings. The van der Waals surface area contributed by atoms with E-state index in [1.54, 1.807) is 12.5 Å². The van der Waals surface area contributed by atoms with Crippen LogP contribution in [-0.4, -0.2) is 32.8 Å². The number of carbonyl (C=O) groups is 1. The number of hydrogen-bond donors (Lipinski definition) is 0. The lowest BCUT2D eigenvalue weighted by atomic mass is 10.2. The number of imidazole rings is 1. The summed E-state index contributed by atoms with van der Waals surface area (Å²) in [7, 11) is 0. The van der Waals surface area contributed by atoms with Crippen LogP contribution in [0.15, 0.2) is 12.5 Å². The molecule has 0 spiro atoms. The van der Waals surface area contributed by atoms with Gasteiger partial charge >= 0.3 is 0 Å². The van der Waals surface area contributed by atoms with E-state index in [9.17, 15) is 4.79 Å². The minimum atomic E-state index is 0.128. The fraction of sp³-hybridized carbons (Fsp3) is 0.500. The summed E-state index contributed by atoms with van der Waals surface area (Å²) < 4.78 is 1.98. The number of nitrogens with zero attached hydrogens (tertiary/aromatic N) is 3. The Kier molecular flexibility index (Phi) is 3.98. The van der Waals surface area contributed by atoms with Crippen LogP contribution in [-0.2, 0) is 0 Å². The van der Waals surface area contributed by atoms with Crippen LogP contribution in [0.25, 0.3) is 4.83 Å². The van der Waals surface area contributed by atoms with E-state index in [1.807, 2.05) is 16.2 Å². The molecule has 4 nitrogen and oxygen atoms in total. The van der Waals surface area contributed by atoms with Crippen molar-refractivity contribution in [3.8, 4) is 12.3 Å². The summed E-state index contributed by atoms with van der Waals surface area (Å²) in [5.74, 6) is 2.79. The van der Waals surface area contributed by atoms with Crippen LogP contribution in [0, 0.1) is 19.3 Å². The van der Waals surface area contributed by atoms with Gasteiger partial charge in [-0.1, -0.05) is 12.8 Å². The van der Waals surface area contributed by atoms with Gasteiger partial charge in [-0.2, -0.15) is 0 Å². The molecule has 2 heterocycles. The molecule has 0 unspecified atom stereocenters. The Morgan fingerprint density at radius 2 is 2.33 bits per heavy atom. The Hall–Kier alpha value is -1.80. The maximum atomic E-state index is 13.0. The Balaban J connectivity index is 1.90. The molecule has 5 heteroatoms. The highest BCUT2D eigenvalue weighted by atomic mass is 32.1. The van der Waals surface area contributed by atoms with Crippen LogP contribution in [0.1, 0.15) is 47.5 Å². The number of carbonyl (C=O) groups excluding carboxylic acids is 1. The standard InChI is InChI=1S/C16H19N3OS/c1-3-4-9-18(13-7-5-6-8-13)16(20)15-12(2)19-11-17-10-14(19)21-15/h1,10-11,13H,4-9H2,2H3. The summed E-state index contributed by atoms with van der Waals surface area (Å²) in [6.07, 6.45) is 14.2. The minimum absolute atomic E-state index is 0.128. The van der Waals surface area contributed by atoms with E-state index in [1.165, 1.54) is 24.2 Å². The average molecular weight is 301 g/mol. The third-order valence-corrected chi connectivity index (χ3v) is 5.40. The zero-order valence-corrected chi connectivity index (χ0v) is 13.0. The predicted octanol–water partition coefficient (Wildman–Crippen LogP) is 3.11. The normalized spacial score (nSPS) is 15.4. The van der Waals surface area contributed by atoms with Gasteiger partial charge < -0.3 is 4.90 Å². The molecule has 1 saturated carbocycles. The van der Waals surface area contributed by atoms with E-state index in [2.05, 4.69) is 10.9 Å². The van der Waals surface area contributed by atoms with Gasteiger partial charge in [-0.25, -0.2) is 4.98 Å².